The van der Waals surface area contributed by atoms with E-state index in [9.17, 15) is 8.78 Å². The zero-order valence-corrected chi connectivity index (χ0v) is 11.9. The summed E-state index contributed by atoms with van der Waals surface area (Å²) in [6, 6.07) is 4.08. The molecule has 1 aromatic rings. The van der Waals surface area contributed by atoms with Gasteiger partial charge in [0, 0.05) is 18.2 Å². The van der Waals surface area contributed by atoms with E-state index < -0.39 is 11.6 Å². The summed E-state index contributed by atoms with van der Waals surface area (Å²) in [6.07, 6.45) is 2.17. The van der Waals surface area contributed by atoms with Crippen molar-refractivity contribution >= 4 is 0 Å². The third kappa shape index (κ3) is 5.66. The Bertz CT molecular complexity index is 382. The lowest BCUT2D eigenvalue weighted by Gasteiger charge is -2.15. The van der Waals surface area contributed by atoms with Crippen molar-refractivity contribution in [3.63, 3.8) is 0 Å². The molecule has 0 aliphatic carbocycles. The van der Waals surface area contributed by atoms with Crippen LogP contribution in [0, 0.1) is 11.6 Å². The van der Waals surface area contributed by atoms with Gasteiger partial charge in [0.15, 0.2) is 11.6 Å². The maximum atomic E-state index is 13.5. The van der Waals surface area contributed by atoms with E-state index in [4.69, 9.17) is 4.74 Å². The van der Waals surface area contributed by atoms with Crippen LogP contribution in [0.3, 0.4) is 0 Å². The summed E-state index contributed by atoms with van der Waals surface area (Å²) in [6.45, 7) is 7.35. The van der Waals surface area contributed by atoms with E-state index in [2.05, 4.69) is 5.32 Å². The number of benzene rings is 1. The number of hydrogen-bond donors (Lipinski definition) is 1. The minimum atomic E-state index is -0.795. The first-order chi connectivity index (χ1) is 9.02. The third-order valence-corrected chi connectivity index (χ3v) is 2.92. The Balaban J connectivity index is 2.28. The van der Waals surface area contributed by atoms with Crippen LogP contribution in [0.2, 0.25) is 0 Å². The lowest BCUT2D eigenvalue weighted by atomic mass is 10.1. The Morgan fingerprint density at radius 2 is 1.89 bits per heavy atom. The van der Waals surface area contributed by atoms with Crippen molar-refractivity contribution in [2.45, 2.75) is 45.8 Å². The Hall–Kier alpha value is -1.00. The van der Waals surface area contributed by atoms with E-state index in [0.29, 0.717) is 5.56 Å². The molecular weight excluding hydrogens is 248 g/mol. The smallest absolute Gasteiger partial charge is 0.163 e. The molecular formula is C15H23F2NO. The molecule has 0 spiro atoms. The molecule has 0 fully saturated rings. The quantitative estimate of drug-likeness (QED) is 0.726. The van der Waals surface area contributed by atoms with Gasteiger partial charge in [-0.1, -0.05) is 12.1 Å². The van der Waals surface area contributed by atoms with Crippen molar-refractivity contribution in [3.8, 4) is 0 Å². The fourth-order valence-electron chi connectivity index (χ4n) is 1.83. The Morgan fingerprint density at radius 3 is 2.58 bits per heavy atom. The normalized spacial score (nSPS) is 12.9. The topological polar surface area (TPSA) is 21.3 Å². The lowest BCUT2D eigenvalue weighted by molar-refractivity contribution is 0.0759. The van der Waals surface area contributed by atoms with E-state index in [1.54, 1.807) is 6.07 Å². The average Bonchev–Trinajstić information content (AvgIpc) is 2.36. The van der Waals surface area contributed by atoms with Gasteiger partial charge in [-0.15, -0.1) is 0 Å². The Kier molecular flexibility index (Phi) is 6.95. The molecule has 0 saturated heterocycles. The highest BCUT2D eigenvalue weighted by atomic mass is 19.2. The first kappa shape index (κ1) is 16.1. The van der Waals surface area contributed by atoms with Crippen molar-refractivity contribution in [3.05, 3.63) is 35.4 Å². The highest BCUT2D eigenvalue weighted by molar-refractivity contribution is 5.21. The minimum absolute atomic E-state index is 0.193. The molecule has 0 heterocycles. The van der Waals surface area contributed by atoms with Crippen LogP contribution in [-0.4, -0.2) is 19.3 Å². The summed E-state index contributed by atoms with van der Waals surface area (Å²) in [7, 11) is 0. The molecule has 0 aliphatic rings. The summed E-state index contributed by atoms with van der Waals surface area (Å²) < 4.78 is 32.1. The van der Waals surface area contributed by atoms with Crippen LogP contribution < -0.4 is 5.32 Å². The summed E-state index contributed by atoms with van der Waals surface area (Å²) >= 11 is 0. The van der Waals surface area contributed by atoms with Gasteiger partial charge in [0.1, 0.15) is 0 Å². The maximum Gasteiger partial charge on any atom is 0.163 e. The molecule has 2 nitrogen and oxygen atoms in total. The van der Waals surface area contributed by atoms with Crippen LogP contribution >= 0.6 is 0 Å². The standard InChI is InChI=1S/C15H23F2NO/c1-11(2)19-10-5-4-9-18-12(3)13-7-6-8-14(16)15(13)17/h6-8,11-12,18H,4-5,9-10H2,1-3H3. The van der Waals surface area contributed by atoms with Crippen molar-refractivity contribution in [1.82, 2.24) is 5.32 Å². The van der Waals surface area contributed by atoms with Crippen molar-refractivity contribution in [2.75, 3.05) is 13.2 Å². The molecule has 1 rings (SSSR count). The molecule has 0 radical (unpaired) electrons. The Labute approximate surface area is 114 Å². The summed E-state index contributed by atoms with van der Waals surface area (Å²) in [4.78, 5) is 0. The van der Waals surface area contributed by atoms with Gasteiger partial charge in [-0.05, 0) is 46.2 Å². The predicted octanol–water partition coefficient (Wildman–Crippen LogP) is 3.82. The molecule has 0 saturated carbocycles. The van der Waals surface area contributed by atoms with E-state index >= 15 is 0 Å². The van der Waals surface area contributed by atoms with Gasteiger partial charge in [-0.2, -0.15) is 0 Å². The zero-order valence-electron chi connectivity index (χ0n) is 11.9. The van der Waals surface area contributed by atoms with Gasteiger partial charge >= 0.3 is 0 Å². The molecule has 1 N–H and O–H groups in total. The molecule has 4 heteroatoms. The van der Waals surface area contributed by atoms with Crippen LogP contribution in [0.25, 0.3) is 0 Å². The number of hydrogen-bond acceptors (Lipinski definition) is 2. The molecule has 1 aromatic carbocycles. The Morgan fingerprint density at radius 1 is 1.16 bits per heavy atom. The highest BCUT2D eigenvalue weighted by Crippen LogP contribution is 2.18. The summed E-state index contributed by atoms with van der Waals surface area (Å²) in [5.41, 5.74) is 0.374. The zero-order chi connectivity index (χ0) is 14.3. The van der Waals surface area contributed by atoms with Gasteiger partial charge in [0.05, 0.1) is 6.10 Å². The fraction of sp³-hybridized carbons (Fsp3) is 0.600. The van der Waals surface area contributed by atoms with Gasteiger partial charge in [-0.3, -0.25) is 0 Å². The first-order valence-electron chi connectivity index (χ1n) is 6.81. The van der Waals surface area contributed by atoms with Crippen molar-refractivity contribution in [1.29, 1.82) is 0 Å². The number of nitrogens with one attached hydrogen (secondary N) is 1. The second kappa shape index (κ2) is 8.23. The van der Waals surface area contributed by atoms with E-state index in [1.165, 1.54) is 6.07 Å². The van der Waals surface area contributed by atoms with Crippen LogP contribution in [0.4, 0.5) is 8.78 Å². The minimum Gasteiger partial charge on any atom is -0.379 e. The number of ether oxygens (including phenoxy) is 1. The van der Waals surface area contributed by atoms with E-state index in [-0.39, 0.29) is 12.1 Å². The van der Waals surface area contributed by atoms with Crippen molar-refractivity contribution in [2.24, 2.45) is 0 Å². The monoisotopic (exact) mass is 271 g/mol. The molecule has 1 atom stereocenters. The highest BCUT2D eigenvalue weighted by Gasteiger charge is 2.13. The van der Waals surface area contributed by atoms with Gasteiger partial charge in [0.2, 0.25) is 0 Å². The summed E-state index contributed by atoms with van der Waals surface area (Å²) in [5.74, 6) is -1.55. The molecule has 0 aromatic heterocycles. The second-order valence-corrected chi connectivity index (χ2v) is 4.95. The molecule has 0 amide bonds. The average molecular weight is 271 g/mol. The first-order valence-corrected chi connectivity index (χ1v) is 6.81. The van der Waals surface area contributed by atoms with Crippen LogP contribution in [0.15, 0.2) is 18.2 Å². The van der Waals surface area contributed by atoms with Gasteiger partial charge in [-0.25, -0.2) is 8.78 Å². The maximum absolute atomic E-state index is 13.5. The van der Waals surface area contributed by atoms with Crippen LogP contribution in [0.1, 0.15) is 45.2 Å². The largest absolute Gasteiger partial charge is 0.379 e. The third-order valence-electron chi connectivity index (χ3n) is 2.92. The van der Waals surface area contributed by atoms with Crippen LogP contribution in [0.5, 0.6) is 0 Å². The van der Waals surface area contributed by atoms with Gasteiger partial charge < -0.3 is 10.1 Å². The van der Waals surface area contributed by atoms with Crippen molar-refractivity contribution < 1.29 is 13.5 Å². The summed E-state index contributed by atoms with van der Waals surface area (Å²) in [5, 5.41) is 3.19. The van der Waals surface area contributed by atoms with E-state index in [0.717, 1.165) is 32.1 Å². The fourth-order valence-corrected chi connectivity index (χ4v) is 1.83. The molecule has 19 heavy (non-hydrogen) atoms. The number of unbranched alkanes of at least 4 members (excludes halogenated alkanes) is 1. The van der Waals surface area contributed by atoms with Gasteiger partial charge in [0.25, 0.3) is 0 Å². The van der Waals surface area contributed by atoms with Crippen LogP contribution in [-0.2, 0) is 4.74 Å². The number of rotatable bonds is 8. The number of halogens is 2. The molecule has 108 valence electrons. The predicted molar refractivity (Wildman–Crippen MR) is 73.1 cm³/mol. The van der Waals surface area contributed by atoms with E-state index in [1.807, 2.05) is 20.8 Å². The second-order valence-electron chi connectivity index (χ2n) is 4.95. The lowest BCUT2D eigenvalue weighted by Crippen LogP contribution is -2.21. The SMILES string of the molecule is CC(C)OCCCCNC(C)c1cccc(F)c1F. The molecule has 0 bridgehead atoms. The molecule has 0 aliphatic heterocycles. The molecule has 1 unspecified atom stereocenters.